The summed E-state index contributed by atoms with van der Waals surface area (Å²) in [6, 6.07) is 5.17. The number of hydrogen-bond acceptors (Lipinski definition) is 8. The van der Waals surface area contributed by atoms with Crippen molar-refractivity contribution in [3.8, 4) is 5.75 Å². The molecule has 2 aliphatic rings. The van der Waals surface area contributed by atoms with Gasteiger partial charge in [-0.05, 0) is 88.7 Å². The lowest BCUT2D eigenvalue weighted by Crippen LogP contribution is -2.45. The van der Waals surface area contributed by atoms with Gasteiger partial charge in [-0.25, -0.2) is 9.97 Å². The normalized spacial score (nSPS) is 22.1. The molecule has 42 heavy (non-hydrogen) atoms. The SMILES string of the molecule is CON[C@H]1CCCC[C@]1(C)CCCc1nc(Nc2ccc(C(=O)NC3CCN(C)CC3)cc2OC)ncc1C(F)(F)F. The number of amides is 1. The van der Waals surface area contributed by atoms with E-state index in [1.165, 1.54) is 7.11 Å². The van der Waals surface area contributed by atoms with Gasteiger partial charge in [-0.1, -0.05) is 19.8 Å². The number of benzene rings is 1. The fourth-order valence-electron chi connectivity index (χ4n) is 6.08. The Bertz CT molecular complexity index is 1200. The van der Waals surface area contributed by atoms with Gasteiger partial charge in [0, 0.05) is 23.8 Å². The molecule has 3 N–H and O–H groups in total. The van der Waals surface area contributed by atoms with Crippen molar-refractivity contribution in [3.05, 3.63) is 41.2 Å². The van der Waals surface area contributed by atoms with Crippen LogP contribution in [-0.2, 0) is 17.4 Å². The minimum absolute atomic E-state index is 0.0302. The second kappa shape index (κ2) is 14.0. The van der Waals surface area contributed by atoms with Crippen LogP contribution in [0.25, 0.3) is 0 Å². The van der Waals surface area contributed by atoms with Gasteiger partial charge in [-0.15, -0.1) is 0 Å². The molecule has 2 heterocycles. The number of nitrogens with one attached hydrogen (secondary N) is 3. The number of carbonyl (C=O) groups is 1. The van der Waals surface area contributed by atoms with Gasteiger partial charge in [0.2, 0.25) is 5.95 Å². The van der Waals surface area contributed by atoms with Crippen LogP contribution in [0.3, 0.4) is 0 Å². The van der Waals surface area contributed by atoms with Crippen molar-refractivity contribution in [1.29, 1.82) is 0 Å². The molecule has 1 amide bonds. The third-order valence-electron chi connectivity index (χ3n) is 8.69. The van der Waals surface area contributed by atoms with Crippen LogP contribution in [0.1, 0.15) is 79.9 Å². The highest BCUT2D eigenvalue weighted by Crippen LogP contribution is 2.41. The molecule has 0 spiro atoms. The second-order valence-corrected chi connectivity index (χ2v) is 11.8. The van der Waals surface area contributed by atoms with E-state index < -0.39 is 11.7 Å². The highest BCUT2D eigenvalue weighted by atomic mass is 19.4. The molecule has 9 nitrogen and oxygen atoms in total. The minimum atomic E-state index is -4.57. The summed E-state index contributed by atoms with van der Waals surface area (Å²) < 4.78 is 47.1. The zero-order valence-electron chi connectivity index (χ0n) is 24.9. The van der Waals surface area contributed by atoms with Crippen molar-refractivity contribution in [2.24, 2.45) is 5.41 Å². The Morgan fingerprint density at radius 3 is 2.62 bits per heavy atom. The minimum Gasteiger partial charge on any atom is -0.495 e. The molecule has 232 valence electrons. The molecule has 2 aromatic rings. The zero-order chi connectivity index (χ0) is 30.3. The largest absolute Gasteiger partial charge is 0.495 e. The van der Waals surface area contributed by atoms with E-state index >= 15 is 0 Å². The number of aromatic nitrogens is 2. The van der Waals surface area contributed by atoms with E-state index in [0.29, 0.717) is 23.4 Å². The maximum atomic E-state index is 13.9. The summed E-state index contributed by atoms with van der Waals surface area (Å²) in [6.07, 6.45) is 3.64. The molecule has 1 aliphatic carbocycles. The molecular weight excluding hydrogens is 549 g/mol. The monoisotopic (exact) mass is 592 g/mol. The van der Waals surface area contributed by atoms with E-state index in [1.54, 1.807) is 25.3 Å². The summed E-state index contributed by atoms with van der Waals surface area (Å²) in [6.45, 7) is 4.03. The molecule has 2 atom stereocenters. The van der Waals surface area contributed by atoms with Crippen molar-refractivity contribution in [1.82, 2.24) is 25.7 Å². The van der Waals surface area contributed by atoms with Gasteiger partial charge < -0.3 is 25.1 Å². The van der Waals surface area contributed by atoms with Crippen LogP contribution in [-0.4, -0.2) is 67.2 Å². The van der Waals surface area contributed by atoms with E-state index in [-0.39, 0.29) is 41.5 Å². The lowest BCUT2D eigenvalue weighted by atomic mass is 9.69. The first-order valence-electron chi connectivity index (χ1n) is 14.7. The van der Waals surface area contributed by atoms with Gasteiger partial charge in [0.1, 0.15) is 5.75 Å². The maximum Gasteiger partial charge on any atom is 0.419 e. The van der Waals surface area contributed by atoms with E-state index in [4.69, 9.17) is 9.57 Å². The molecule has 2 fully saturated rings. The number of rotatable bonds is 11. The number of alkyl halides is 3. The highest BCUT2D eigenvalue weighted by Gasteiger charge is 2.38. The first-order valence-corrected chi connectivity index (χ1v) is 14.7. The number of nitrogens with zero attached hydrogens (tertiary/aromatic N) is 3. The molecular formula is C30H43F3N6O3. The fourth-order valence-corrected chi connectivity index (χ4v) is 6.08. The smallest absolute Gasteiger partial charge is 0.419 e. The van der Waals surface area contributed by atoms with Crippen LogP contribution in [0.15, 0.2) is 24.4 Å². The van der Waals surface area contributed by atoms with Crippen LogP contribution in [0.4, 0.5) is 24.8 Å². The Morgan fingerprint density at radius 1 is 1.17 bits per heavy atom. The average Bonchev–Trinajstić information content (AvgIpc) is 2.95. The zero-order valence-corrected chi connectivity index (χ0v) is 24.9. The number of anilines is 2. The van der Waals surface area contributed by atoms with Crippen LogP contribution in [0, 0.1) is 5.41 Å². The topological polar surface area (TPSA) is 101 Å². The second-order valence-electron chi connectivity index (χ2n) is 11.8. The summed E-state index contributed by atoms with van der Waals surface area (Å²) in [5.41, 5.74) is 3.01. The summed E-state index contributed by atoms with van der Waals surface area (Å²) in [5, 5.41) is 6.06. The average molecular weight is 593 g/mol. The van der Waals surface area contributed by atoms with E-state index in [1.807, 2.05) is 0 Å². The molecule has 1 aromatic carbocycles. The molecule has 12 heteroatoms. The number of halogens is 3. The number of carbonyl (C=O) groups excluding carboxylic acids is 1. The summed E-state index contributed by atoms with van der Waals surface area (Å²) in [7, 11) is 5.12. The lowest BCUT2D eigenvalue weighted by molar-refractivity contribution is -0.138. The Labute approximate surface area is 245 Å². The van der Waals surface area contributed by atoms with E-state index in [2.05, 4.69) is 45.0 Å². The Kier molecular flexibility index (Phi) is 10.7. The number of ether oxygens (including phenoxy) is 1. The Morgan fingerprint density at radius 2 is 1.93 bits per heavy atom. The Balaban J connectivity index is 1.46. The number of hydroxylamine groups is 1. The first kappa shape index (κ1) is 32.0. The number of piperidine rings is 1. The molecule has 1 aliphatic heterocycles. The number of likely N-dealkylation sites (tertiary alicyclic amines) is 1. The van der Waals surface area contributed by atoms with Gasteiger partial charge in [-0.2, -0.15) is 18.7 Å². The predicted octanol–water partition coefficient (Wildman–Crippen LogP) is 5.49. The summed E-state index contributed by atoms with van der Waals surface area (Å²) >= 11 is 0. The lowest BCUT2D eigenvalue weighted by Gasteiger charge is -2.41. The van der Waals surface area contributed by atoms with Gasteiger partial charge in [-0.3, -0.25) is 4.79 Å². The molecule has 1 saturated carbocycles. The molecule has 4 rings (SSSR count). The first-order chi connectivity index (χ1) is 20.0. The number of methoxy groups -OCH3 is 1. The third kappa shape index (κ3) is 8.11. The van der Waals surface area contributed by atoms with Crippen molar-refractivity contribution in [3.63, 3.8) is 0 Å². The standard InChI is InChI=1S/C30H43F3N6O3/c1-29(14-6-5-9-26(29)38-42-4)15-7-8-23-22(30(31,32)33)19-34-28(36-23)37-24-11-10-20(18-25(24)41-3)27(40)35-21-12-16-39(2)17-13-21/h10-11,18-19,21,26,38H,5-9,12-17H2,1-4H3,(H,35,40)(H,34,36,37)/t26-,29+/m0/s1. The number of hydrogen-bond donors (Lipinski definition) is 3. The summed E-state index contributed by atoms with van der Waals surface area (Å²) in [4.78, 5) is 28.5. The number of aryl methyl sites for hydroxylation is 1. The maximum absolute atomic E-state index is 13.9. The molecule has 0 unspecified atom stereocenters. The molecule has 0 bridgehead atoms. The molecule has 0 radical (unpaired) electrons. The highest BCUT2D eigenvalue weighted by molar-refractivity contribution is 5.95. The molecule has 1 saturated heterocycles. The van der Waals surface area contributed by atoms with Crippen molar-refractivity contribution in [2.75, 3.05) is 39.7 Å². The van der Waals surface area contributed by atoms with E-state index in [0.717, 1.165) is 64.2 Å². The predicted molar refractivity (Wildman–Crippen MR) is 155 cm³/mol. The summed E-state index contributed by atoms with van der Waals surface area (Å²) in [5.74, 6) is 0.192. The van der Waals surface area contributed by atoms with Crippen LogP contribution in [0.5, 0.6) is 5.75 Å². The van der Waals surface area contributed by atoms with Gasteiger partial charge >= 0.3 is 6.18 Å². The quantitative estimate of drug-likeness (QED) is 0.295. The Hall–Kier alpha value is -2.96. The van der Waals surface area contributed by atoms with Gasteiger partial charge in [0.25, 0.3) is 5.91 Å². The van der Waals surface area contributed by atoms with Crippen LogP contribution >= 0.6 is 0 Å². The van der Waals surface area contributed by atoms with Crippen molar-refractivity contribution >= 4 is 17.5 Å². The van der Waals surface area contributed by atoms with Crippen LogP contribution in [0.2, 0.25) is 0 Å². The molecule has 1 aromatic heterocycles. The van der Waals surface area contributed by atoms with Gasteiger partial charge in [0.05, 0.1) is 31.2 Å². The van der Waals surface area contributed by atoms with Crippen molar-refractivity contribution < 1.29 is 27.5 Å². The van der Waals surface area contributed by atoms with E-state index in [9.17, 15) is 18.0 Å². The van der Waals surface area contributed by atoms with Crippen LogP contribution < -0.4 is 20.9 Å². The fraction of sp³-hybridized carbons (Fsp3) is 0.633. The van der Waals surface area contributed by atoms with Crippen molar-refractivity contribution in [2.45, 2.75) is 83.0 Å². The van der Waals surface area contributed by atoms with Gasteiger partial charge in [0.15, 0.2) is 0 Å². The third-order valence-corrected chi connectivity index (χ3v) is 8.69.